The van der Waals surface area contributed by atoms with Gasteiger partial charge in [0, 0.05) is 6.42 Å². The number of rotatable bonds is 7. The SMILES string of the molecule is CCOC(=O)CCC(=O)Nc1ccccc1S(=O)(=O)NC. The molecule has 0 aliphatic carbocycles. The fraction of sp³-hybridized carbons (Fsp3) is 0.385. The van der Waals surface area contributed by atoms with Gasteiger partial charge in [-0.25, -0.2) is 13.1 Å². The molecule has 0 spiro atoms. The van der Waals surface area contributed by atoms with Crippen molar-refractivity contribution in [3.8, 4) is 0 Å². The van der Waals surface area contributed by atoms with Crippen molar-refractivity contribution in [1.29, 1.82) is 0 Å². The predicted molar refractivity (Wildman–Crippen MR) is 77.2 cm³/mol. The van der Waals surface area contributed by atoms with Crippen LogP contribution in [0.2, 0.25) is 0 Å². The van der Waals surface area contributed by atoms with Crippen LogP contribution in [0.1, 0.15) is 19.8 Å². The van der Waals surface area contributed by atoms with E-state index in [0.717, 1.165) is 0 Å². The molecule has 7 nitrogen and oxygen atoms in total. The maximum atomic E-state index is 11.8. The van der Waals surface area contributed by atoms with Gasteiger partial charge in [0.15, 0.2) is 0 Å². The van der Waals surface area contributed by atoms with Gasteiger partial charge in [0.1, 0.15) is 4.90 Å². The van der Waals surface area contributed by atoms with Crippen LogP contribution in [-0.2, 0) is 24.3 Å². The van der Waals surface area contributed by atoms with Crippen LogP contribution in [0.25, 0.3) is 0 Å². The highest BCUT2D eigenvalue weighted by Crippen LogP contribution is 2.20. The number of hydrogen-bond donors (Lipinski definition) is 2. The second-order valence-corrected chi connectivity index (χ2v) is 5.91. The van der Waals surface area contributed by atoms with E-state index in [1.165, 1.54) is 19.2 Å². The summed E-state index contributed by atoms with van der Waals surface area (Å²) in [5.74, 6) is -0.925. The second-order valence-electron chi connectivity index (χ2n) is 4.06. The predicted octanol–water partition coefficient (Wildman–Crippen LogP) is 0.876. The molecule has 0 aliphatic heterocycles. The maximum Gasteiger partial charge on any atom is 0.306 e. The van der Waals surface area contributed by atoms with Crippen LogP contribution in [0, 0.1) is 0 Å². The number of esters is 1. The first-order chi connectivity index (χ1) is 9.90. The van der Waals surface area contributed by atoms with Gasteiger partial charge in [-0.2, -0.15) is 0 Å². The first kappa shape index (κ1) is 17.1. The van der Waals surface area contributed by atoms with E-state index in [1.807, 2.05) is 0 Å². The van der Waals surface area contributed by atoms with Gasteiger partial charge in [-0.05, 0) is 26.1 Å². The first-order valence-corrected chi connectivity index (χ1v) is 7.87. The molecule has 116 valence electrons. The van der Waals surface area contributed by atoms with Crippen molar-refractivity contribution in [2.45, 2.75) is 24.7 Å². The summed E-state index contributed by atoms with van der Waals surface area (Å²) < 4.78 is 30.5. The van der Waals surface area contributed by atoms with Gasteiger partial charge in [0.2, 0.25) is 15.9 Å². The Balaban J connectivity index is 2.76. The molecule has 2 N–H and O–H groups in total. The molecule has 0 aliphatic rings. The number of carbonyl (C=O) groups excluding carboxylic acids is 2. The van der Waals surface area contributed by atoms with Crippen LogP contribution in [0.3, 0.4) is 0 Å². The summed E-state index contributed by atoms with van der Waals surface area (Å²) in [6.07, 6.45) is -0.132. The average molecular weight is 314 g/mol. The Hall–Kier alpha value is -1.93. The summed E-state index contributed by atoms with van der Waals surface area (Å²) in [7, 11) is -2.38. The molecule has 0 aromatic heterocycles. The summed E-state index contributed by atoms with van der Waals surface area (Å²) in [4.78, 5) is 22.9. The first-order valence-electron chi connectivity index (χ1n) is 6.38. The van der Waals surface area contributed by atoms with E-state index in [1.54, 1.807) is 19.1 Å². The highest BCUT2D eigenvalue weighted by molar-refractivity contribution is 7.89. The monoisotopic (exact) mass is 314 g/mol. The third-order valence-corrected chi connectivity index (χ3v) is 4.05. The van der Waals surface area contributed by atoms with Crippen molar-refractivity contribution in [3.05, 3.63) is 24.3 Å². The average Bonchev–Trinajstić information content (AvgIpc) is 2.46. The lowest BCUT2D eigenvalue weighted by Crippen LogP contribution is -2.22. The Morgan fingerprint density at radius 1 is 1.19 bits per heavy atom. The Labute approximate surface area is 123 Å². The summed E-state index contributed by atoms with van der Waals surface area (Å²) in [5.41, 5.74) is 0.167. The van der Waals surface area contributed by atoms with Gasteiger partial charge in [0.25, 0.3) is 0 Å². The Morgan fingerprint density at radius 2 is 1.86 bits per heavy atom. The minimum absolute atomic E-state index is 0.0306. The molecule has 0 unspecified atom stereocenters. The molecule has 0 atom stereocenters. The molecule has 8 heteroatoms. The minimum Gasteiger partial charge on any atom is -0.466 e. The fourth-order valence-corrected chi connectivity index (χ4v) is 2.46. The number of sulfonamides is 1. The standard InChI is InChI=1S/C13H18N2O5S/c1-3-20-13(17)9-8-12(16)15-10-6-4-5-7-11(10)21(18,19)14-2/h4-7,14H,3,8-9H2,1-2H3,(H,15,16). The number of ether oxygens (including phenoxy) is 1. The van der Waals surface area contributed by atoms with Crippen molar-refractivity contribution in [2.24, 2.45) is 0 Å². The second kappa shape index (κ2) is 7.75. The van der Waals surface area contributed by atoms with Crippen LogP contribution in [0.4, 0.5) is 5.69 Å². The van der Waals surface area contributed by atoms with E-state index < -0.39 is 21.9 Å². The number of benzene rings is 1. The quantitative estimate of drug-likeness (QED) is 0.727. The summed E-state index contributed by atoms with van der Waals surface area (Å²) in [6, 6.07) is 6.02. The fourth-order valence-electron chi connectivity index (χ4n) is 1.58. The van der Waals surface area contributed by atoms with Crippen molar-refractivity contribution in [2.75, 3.05) is 19.0 Å². The maximum absolute atomic E-state index is 11.8. The number of amides is 1. The molecule has 1 aromatic carbocycles. The van der Waals surface area contributed by atoms with Gasteiger partial charge >= 0.3 is 5.97 Å². The third kappa shape index (κ3) is 5.16. The number of para-hydroxylation sites is 1. The lowest BCUT2D eigenvalue weighted by Gasteiger charge is -2.10. The topological polar surface area (TPSA) is 102 Å². The van der Waals surface area contributed by atoms with Crippen molar-refractivity contribution in [1.82, 2.24) is 4.72 Å². The van der Waals surface area contributed by atoms with Crippen molar-refractivity contribution in [3.63, 3.8) is 0 Å². The molecule has 0 fully saturated rings. The lowest BCUT2D eigenvalue weighted by molar-refractivity contribution is -0.144. The van der Waals surface area contributed by atoms with Gasteiger partial charge in [-0.3, -0.25) is 9.59 Å². The largest absolute Gasteiger partial charge is 0.466 e. The summed E-state index contributed by atoms with van der Waals surface area (Å²) in [5, 5.41) is 2.48. The summed E-state index contributed by atoms with van der Waals surface area (Å²) >= 11 is 0. The zero-order valence-corrected chi connectivity index (χ0v) is 12.7. The molecule has 1 rings (SSSR count). The minimum atomic E-state index is -3.67. The third-order valence-electron chi connectivity index (χ3n) is 2.58. The molecule has 0 saturated carbocycles. The number of anilines is 1. The Morgan fingerprint density at radius 3 is 2.48 bits per heavy atom. The van der Waals surface area contributed by atoms with Crippen molar-refractivity contribution >= 4 is 27.6 Å². The van der Waals surface area contributed by atoms with E-state index in [0.29, 0.717) is 0 Å². The molecule has 0 heterocycles. The van der Waals surface area contributed by atoms with Crippen LogP contribution < -0.4 is 10.0 Å². The Bertz CT molecular complexity index is 613. The smallest absolute Gasteiger partial charge is 0.306 e. The molecule has 1 amide bonds. The van der Waals surface area contributed by atoms with Crippen LogP contribution in [0.5, 0.6) is 0 Å². The van der Waals surface area contributed by atoms with Gasteiger partial charge < -0.3 is 10.1 Å². The lowest BCUT2D eigenvalue weighted by atomic mass is 10.2. The zero-order chi connectivity index (χ0) is 15.9. The molecular weight excluding hydrogens is 296 g/mol. The highest BCUT2D eigenvalue weighted by atomic mass is 32.2. The zero-order valence-electron chi connectivity index (χ0n) is 11.9. The van der Waals surface area contributed by atoms with E-state index in [9.17, 15) is 18.0 Å². The molecule has 0 bridgehead atoms. The number of hydrogen-bond acceptors (Lipinski definition) is 5. The molecule has 0 radical (unpaired) electrons. The van der Waals surface area contributed by atoms with Crippen LogP contribution in [-0.4, -0.2) is 33.9 Å². The van der Waals surface area contributed by atoms with Gasteiger partial charge in [-0.1, -0.05) is 12.1 Å². The van der Waals surface area contributed by atoms with Crippen molar-refractivity contribution < 1.29 is 22.7 Å². The van der Waals surface area contributed by atoms with Gasteiger partial charge in [-0.15, -0.1) is 0 Å². The molecular formula is C13H18N2O5S. The van der Waals surface area contributed by atoms with E-state index in [-0.39, 0.29) is 30.0 Å². The normalized spacial score (nSPS) is 11.0. The number of carbonyl (C=O) groups is 2. The molecule has 1 aromatic rings. The van der Waals surface area contributed by atoms with E-state index in [4.69, 9.17) is 4.74 Å². The highest BCUT2D eigenvalue weighted by Gasteiger charge is 2.17. The molecule has 0 saturated heterocycles. The van der Waals surface area contributed by atoms with E-state index in [2.05, 4.69) is 10.0 Å². The van der Waals surface area contributed by atoms with Crippen LogP contribution in [0.15, 0.2) is 29.2 Å². The summed E-state index contributed by atoms with van der Waals surface area (Å²) in [6.45, 7) is 1.93. The Kier molecular flexibility index (Phi) is 6.32. The van der Waals surface area contributed by atoms with E-state index >= 15 is 0 Å². The molecule has 21 heavy (non-hydrogen) atoms. The van der Waals surface area contributed by atoms with Crippen LogP contribution >= 0.6 is 0 Å². The number of nitrogens with one attached hydrogen (secondary N) is 2. The van der Waals surface area contributed by atoms with Gasteiger partial charge in [0.05, 0.1) is 18.7 Å².